The van der Waals surface area contributed by atoms with Gasteiger partial charge in [0.1, 0.15) is 0 Å². The molecule has 1 atom stereocenters. The van der Waals surface area contributed by atoms with E-state index >= 15 is 0 Å². The van der Waals surface area contributed by atoms with E-state index in [4.69, 9.17) is 0 Å². The minimum atomic E-state index is 0.214. The number of allylic oxidation sites excluding steroid dienone is 1. The highest BCUT2D eigenvalue weighted by atomic mass is 14.7. The minimum absolute atomic E-state index is 0.214. The number of aryl methyl sites for hydroxylation is 1. The average molecular weight is 168 g/mol. The van der Waals surface area contributed by atoms with E-state index < -0.39 is 0 Å². The molecule has 1 radical (unpaired) electrons. The summed E-state index contributed by atoms with van der Waals surface area (Å²) in [5.74, 6) is 2.25. The Morgan fingerprint density at radius 1 is 1.23 bits per heavy atom. The lowest BCUT2D eigenvalue weighted by atomic mass is 9.66. The van der Waals surface area contributed by atoms with Gasteiger partial charge in [-0.05, 0) is 12.5 Å². The molecule has 2 rings (SSSR count). The van der Waals surface area contributed by atoms with Crippen molar-refractivity contribution in [2.24, 2.45) is 4.99 Å². The maximum absolute atomic E-state index is 4.36. The molecule has 1 unspecified atom stereocenters. The summed E-state index contributed by atoms with van der Waals surface area (Å²) < 4.78 is 0. The first kappa shape index (κ1) is 8.30. The molecule has 1 aliphatic rings. The molecule has 0 bridgehead atoms. The van der Waals surface area contributed by atoms with Crippen LogP contribution in [0.15, 0.2) is 41.3 Å². The molecular formula is C11H11BN. The zero-order valence-corrected chi connectivity index (χ0v) is 7.64. The van der Waals surface area contributed by atoms with Crippen molar-refractivity contribution >= 4 is 13.5 Å². The van der Waals surface area contributed by atoms with E-state index in [0.717, 1.165) is 0 Å². The van der Waals surface area contributed by atoms with Gasteiger partial charge in [0, 0.05) is 12.2 Å². The highest BCUT2D eigenvalue weighted by molar-refractivity contribution is 6.45. The molecule has 1 aromatic carbocycles. The van der Waals surface area contributed by atoms with Gasteiger partial charge in [0.25, 0.3) is 0 Å². The molecule has 1 heterocycles. The average Bonchev–Trinajstić information content (AvgIpc) is 2.20. The van der Waals surface area contributed by atoms with E-state index in [1.165, 1.54) is 11.1 Å². The first-order chi connectivity index (χ1) is 6.36. The van der Waals surface area contributed by atoms with Gasteiger partial charge in [-0.25, -0.2) is 0 Å². The van der Waals surface area contributed by atoms with Gasteiger partial charge in [-0.3, -0.25) is 4.99 Å². The smallest absolute Gasteiger partial charge is 0.179 e. The van der Waals surface area contributed by atoms with E-state index in [2.05, 4.69) is 43.5 Å². The largest absolute Gasteiger partial charge is 0.294 e. The maximum atomic E-state index is 4.36. The van der Waals surface area contributed by atoms with Crippen LogP contribution in [-0.4, -0.2) is 13.5 Å². The Morgan fingerprint density at radius 3 is 2.62 bits per heavy atom. The van der Waals surface area contributed by atoms with Crippen molar-refractivity contribution in [3.63, 3.8) is 0 Å². The Kier molecular flexibility index (Phi) is 2.30. The van der Waals surface area contributed by atoms with E-state index in [0.29, 0.717) is 0 Å². The van der Waals surface area contributed by atoms with Gasteiger partial charge in [-0.15, -0.1) is 5.98 Å². The molecule has 0 fully saturated rings. The highest BCUT2D eigenvalue weighted by Crippen LogP contribution is 2.17. The van der Waals surface area contributed by atoms with Gasteiger partial charge >= 0.3 is 0 Å². The zero-order valence-electron chi connectivity index (χ0n) is 7.64. The number of hydrogen-bond donors (Lipinski definition) is 0. The number of benzene rings is 1. The Bertz CT molecular complexity index is 338. The van der Waals surface area contributed by atoms with Crippen molar-refractivity contribution in [1.82, 2.24) is 0 Å². The Balaban J connectivity index is 2.21. The third kappa shape index (κ3) is 1.89. The number of nitrogens with zero attached hydrogens (tertiary/aromatic N) is 1. The minimum Gasteiger partial charge on any atom is -0.294 e. The molecule has 0 N–H and O–H groups in total. The van der Waals surface area contributed by atoms with Crippen molar-refractivity contribution in [3.05, 3.63) is 47.4 Å². The predicted octanol–water partition coefficient (Wildman–Crippen LogP) is 2.30. The van der Waals surface area contributed by atoms with Crippen LogP contribution in [-0.2, 0) is 0 Å². The number of hydrogen-bond acceptors (Lipinski definition) is 1. The second kappa shape index (κ2) is 3.61. The normalized spacial score (nSPS) is 19.9. The third-order valence-electron chi connectivity index (χ3n) is 2.16. The van der Waals surface area contributed by atoms with Crippen LogP contribution in [0.25, 0.3) is 0 Å². The van der Waals surface area contributed by atoms with Crippen LogP contribution in [0.4, 0.5) is 0 Å². The summed E-state index contributed by atoms with van der Waals surface area (Å²) >= 11 is 0. The molecule has 0 spiro atoms. The molecule has 1 nitrogen and oxygen atoms in total. The van der Waals surface area contributed by atoms with Crippen LogP contribution < -0.4 is 0 Å². The van der Waals surface area contributed by atoms with Crippen LogP contribution in [0.3, 0.4) is 0 Å². The van der Waals surface area contributed by atoms with Crippen LogP contribution in [0.2, 0.25) is 0 Å². The second-order valence-electron chi connectivity index (χ2n) is 3.23. The molecular weight excluding hydrogens is 157 g/mol. The van der Waals surface area contributed by atoms with Crippen molar-refractivity contribution < 1.29 is 0 Å². The second-order valence-corrected chi connectivity index (χ2v) is 3.23. The summed E-state index contributed by atoms with van der Waals surface area (Å²) in [4.78, 5) is 4.36. The third-order valence-corrected chi connectivity index (χ3v) is 2.16. The first-order valence-electron chi connectivity index (χ1n) is 4.46. The van der Waals surface area contributed by atoms with Crippen molar-refractivity contribution in [2.75, 3.05) is 0 Å². The van der Waals surface area contributed by atoms with Crippen LogP contribution in [0.1, 0.15) is 17.1 Å². The lowest BCUT2D eigenvalue weighted by Gasteiger charge is -2.11. The Hall–Kier alpha value is -1.31. The molecule has 13 heavy (non-hydrogen) atoms. The monoisotopic (exact) mass is 168 g/mol. The fourth-order valence-corrected chi connectivity index (χ4v) is 1.37. The summed E-state index contributed by atoms with van der Waals surface area (Å²) in [6.45, 7) is 2.09. The van der Waals surface area contributed by atoms with Crippen LogP contribution in [0, 0.1) is 6.92 Å². The topological polar surface area (TPSA) is 12.4 Å². The molecule has 63 valence electrons. The summed E-state index contributed by atoms with van der Waals surface area (Å²) in [5.41, 5.74) is 2.55. The van der Waals surface area contributed by atoms with Gasteiger partial charge in [0.05, 0.1) is 0 Å². The van der Waals surface area contributed by atoms with E-state index in [1.54, 1.807) is 0 Å². The summed E-state index contributed by atoms with van der Waals surface area (Å²) in [6, 6.07) is 8.51. The van der Waals surface area contributed by atoms with Gasteiger partial charge in [-0.2, -0.15) is 0 Å². The molecule has 0 aliphatic carbocycles. The standard InChI is InChI=1S/C11H11BN/c1-9-3-5-10(6-4-9)11-12-7-2-8-13-11/h2-8,11H,1H3. The van der Waals surface area contributed by atoms with Crippen LogP contribution in [0.5, 0.6) is 0 Å². The van der Waals surface area contributed by atoms with Crippen molar-refractivity contribution in [3.8, 4) is 0 Å². The molecule has 0 saturated carbocycles. The first-order valence-corrected chi connectivity index (χ1v) is 4.46. The Labute approximate surface area is 79.4 Å². The van der Waals surface area contributed by atoms with E-state index in [-0.39, 0.29) is 5.94 Å². The van der Waals surface area contributed by atoms with Gasteiger partial charge in [0.2, 0.25) is 0 Å². The molecule has 1 aliphatic heterocycles. The molecule has 0 saturated heterocycles. The number of rotatable bonds is 1. The van der Waals surface area contributed by atoms with Crippen LogP contribution >= 0.6 is 0 Å². The fraction of sp³-hybridized carbons (Fsp3) is 0.182. The lowest BCUT2D eigenvalue weighted by Crippen LogP contribution is -2.06. The van der Waals surface area contributed by atoms with Gasteiger partial charge < -0.3 is 0 Å². The highest BCUT2D eigenvalue weighted by Gasteiger charge is 2.09. The quantitative estimate of drug-likeness (QED) is 0.570. The lowest BCUT2D eigenvalue weighted by molar-refractivity contribution is 1.01. The molecule has 0 amide bonds. The summed E-state index contributed by atoms with van der Waals surface area (Å²) in [6.07, 6.45) is 3.80. The maximum Gasteiger partial charge on any atom is 0.179 e. The number of aliphatic imine (C=N–C) groups is 1. The Morgan fingerprint density at radius 2 is 2.00 bits per heavy atom. The van der Waals surface area contributed by atoms with Crippen molar-refractivity contribution in [1.29, 1.82) is 0 Å². The molecule has 1 aromatic rings. The van der Waals surface area contributed by atoms with E-state index in [1.807, 2.05) is 18.3 Å². The molecule has 2 heteroatoms. The predicted molar refractivity (Wildman–Crippen MR) is 57.3 cm³/mol. The molecule has 0 aromatic heterocycles. The fourth-order valence-electron chi connectivity index (χ4n) is 1.37. The van der Waals surface area contributed by atoms with Crippen molar-refractivity contribution in [2.45, 2.75) is 12.9 Å². The van der Waals surface area contributed by atoms with E-state index in [9.17, 15) is 0 Å². The van der Waals surface area contributed by atoms with Gasteiger partial charge in [0.15, 0.2) is 7.28 Å². The SMILES string of the molecule is Cc1ccc(C2[B]C=CC=N2)cc1. The zero-order chi connectivity index (χ0) is 9.10. The van der Waals surface area contributed by atoms with Gasteiger partial charge in [-0.1, -0.05) is 35.9 Å². The summed E-state index contributed by atoms with van der Waals surface area (Å²) in [5, 5.41) is 0. The summed E-state index contributed by atoms with van der Waals surface area (Å²) in [7, 11) is 2.10.